The van der Waals surface area contributed by atoms with Crippen LogP contribution in [-0.2, 0) is 10.0 Å². The van der Waals surface area contributed by atoms with E-state index in [2.05, 4.69) is 29.4 Å². The lowest BCUT2D eigenvalue weighted by Crippen LogP contribution is -2.42. The number of piperidine rings is 1. The monoisotopic (exact) mass is 446 g/mol. The molecule has 9 heteroatoms. The number of amides is 1. The van der Waals surface area contributed by atoms with E-state index in [1.54, 1.807) is 16.4 Å². The van der Waals surface area contributed by atoms with Gasteiger partial charge < -0.3 is 9.73 Å². The zero-order valence-corrected chi connectivity index (χ0v) is 18.9. The Kier molecular flexibility index (Phi) is 6.43. The van der Waals surface area contributed by atoms with Crippen molar-refractivity contribution < 1.29 is 17.6 Å². The molecule has 2 atom stereocenters. The van der Waals surface area contributed by atoms with Crippen molar-refractivity contribution in [1.82, 2.24) is 14.5 Å². The Hall–Kier alpha value is -2.26. The van der Waals surface area contributed by atoms with Gasteiger partial charge in [0, 0.05) is 24.7 Å². The molecule has 0 bridgehead atoms. The van der Waals surface area contributed by atoms with E-state index in [0.717, 1.165) is 32.1 Å². The number of carbonyl (C=O) groups excluding carboxylic acids is 1. The van der Waals surface area contributed by atoms with Crippen LogP contribution in [0.2, 0.25) is 0 Å². The summed E-state index contributed by atoms with van der Waals surface area (Å²) < 4.78 is 33.1. The minimum absolute atomic E-state index is 0.0754. The van der Waals surface area contributed by atoms with Crippen molar-refractivity contribution >= 4 is 21.6 Å². The van der Waals surface area contributed by atoms with Crippen LogP contribution in [0.1, 0.15) is 74.9 Å². The van der Waals surface area contributed by atoms with Gasteiger partial charge in [0.1, 0.15) is 0 Å². The Labute approximate surface area is 183 Å². The van der Waals surface area contributed by atoms with Crippen LogP contribution in [0.25, 0.3) is 0 Å². The number of nitrogens with one attached hydrogen (secondary N) is 1. The fourth-order valence-electron chi connectivity index (χ4n) is 4.69. The molecular weight excluding hydrogens is 416 g/mol. The SMILES string of the molecule is C[C@@H]1C[C@H](C)CN(S(=O)(=O)c2ccc(NC(=O)c3nnc(C4CCCCC4)o3)cc2)C1. The smallest absolute Gasteiger partial charge is 0.313 e. The minimum Gasteiger partial charge on any atom is -0.417 e. The highest BCUT2D eigenvalue weighted by atomic mass is 32.2. The molecule has 2 aliphatic rings. The van der Waals surface area contributed by atoms with E-state index in [1.165, 1.54) is 18.6 Å². The molecule has 0 radical (unpaired) electrons. The third-order valence-electron chi connectivity index (χ3n) is 6.17. The van der Waals surface area contributed by atoms with Gasteiger partial charge >= 0.3 is 11.8 Å². The average molecular weight is 447 g/mol. The van der Waals surface area contributed by atoms with Gasteiger partial charge in [-0.15, -0.1) is 10.2 Å². The van der Waals surface area contributed by atoms with E-state index in [1.807, 2.05) is 0 Å². The standard InChI is InChI=1S/C22H30N4O4S/c1-15-12-16(2)14-26(13-15)31(28,29)19-10-8-18(9-11-19)23-20(27)22-25-24-21(30-22)17-6-4-3-5-7-17/h8-11,15-17H,3-7,12-14H2,1-2H3,(H,23,27)/t15-,16+. The van der Waals surface area contributed by atoms with Crippen LogP contribution in [0.5, 0.6) is 0 Å². The first kappa shape index (κ1) is 22.0. The van der Waals surface area contributed by atoms with Crippen LogP contribution in [0.4, 0.5) is 5.69 Å². The molecule has 1 N–H and O–H groups in total. The second-order valence-electron chi connectivity index (χ2n) is 9.03. The van der Waals surface area contributed by atoms with Gasteiger partial charge in [-0.1, -0.05) is 33.1 Å². The molecule has 8 nitrogen and oxygen atoms in total. The van der Waals surface area contributed by atoms with Crippen LogP contribution in [-0.4, -0.2) is 41.9 Å². The topological polar surface area (TPSA) is 105 Å². The van der Waals surface area contributed by atoms with E-state index in [4.69, 9.17) is 4.42 Å². The van der Waals surface area contributed by atoms with Crippen LogP contribution in [0.3, 0.4) is 0 Å². The quantitative estimate of drug-likeness (QED) is 0.743. The molecule has 0 unspecified atom stereocenters. The fraction of sp³-hybridized carbons (Fsp3) is 0.591. The van der Waals surface area contributed by atoms with Gasteiger partial charge in [-0.3, -0.25) is 4.79 Å². The zero-order valence-electron chi connectivity index (χ0n) is 18.1. The summed E-state index contributed by atoms with van der Waals surface area (Å²) >= 11 is 0. The first-order chi connectivity index (χ1) is 14.8. The highest BCUT2D eigenvalue weighted by Gasteiger charge is 2.31. The summed E-state index contributed by atoms with van der Waals surface area (Å²) in [7, 11) is -3.55. The van der Waals surface area contributed by atoms with Crippen molar-refractivity contribution in [3.8, 4) is 0 Å². The summed E-state index contributed by atoms with van der Waals surface area (Å²) in [6.07, 6.45) is 6.55. The third-order valence-corrected chi connectivity index (χ3v) is 8.02. The van der Waals surface area contributed by atoms with Crippen molar-refractivity contribution in [2.45, 2.75) is 63.2 Å². The van der Waals surface area contributed by atoms with Crippen LogP contribution in [0.15, 0.2) is 33.6 Å². The van der Waals surface area contributed by atoms with E-state index in [0.29, 0.717) is 36.5 Å². The Bertz CT molecular complexity index is 1000. The second-order valence-corrected chi connectivity index (χ2v) is 11.0. The molecule has 1 aliphatic heterocycles. The van der Waals surface area contributed by atoms with Gasteiger partial charge in [0.05, 0.1) is 4.90 Å². The average Bonchev–Trinajstić information content (AvgIpc) is 3.25. The molecule has 0 spiro atoms. The number of carbonyl (C=O) groups is 1. The number of hydrogen-bond acceptors (Lipinski definition) is 6. The Morgan fingerprint density at radius 2 is 1.68 bits per heavy atom. The fourth-order valence-corrected chi connectivity index (χ4v) is 6.37. The second kappa shape index (κ2) is 9.08. The first-order valence-electron chi connectivity index (χ1n) is 11.1. The van der Waals surface area contributed by atoms with Gasteiger partial charge in [0.2, 0.25) is 15.9 Å². The van der Waals surface area contributed by atoms with Gasteiger partial charge in [0.15, 0.2) is 0 Å². The Morgan fingerprint density at radius 1 is 1.03 bits per heavy atom. The number of sulfonamides is 1. The van der Waals surface area contributed by atoms with Crippen molar-refractivity contribution in [3.63, 3.8) is 0 Å². The summed E-state index contributed by atoms with van der Waals surface area (Å²) in [6, 6.07) is 6.21. The predicted octanol–water partition coefficient (Wildman–Crippen LogP) is 4.04. The van der Waals surface area contributed by atoms with E-state index < -0.39 is 15.9 Å². The summed E-state index contributed by atoms with van der Waals surface area (Å²) in [5, 5.41) is 10.6. The first-order valence-corrected chi connectivity index (χ1v) is 12.5. The number of aromatic nitrogens is 2. The highest BCUT2D eigenvalue weighted by Crippen LogP contribution is 2.32. The summed E-state index contributed by atoms with van der Waals surface area (Å²) in [5.74, 6) is 0.858. The molecule has 1 aromatic heterocycles. The zero-order chi connectivity index (χ0) is 22.0. The largest absolute Gasteiger partial charge is 0.417 e. The van der Waals surface area contributed by atoms with Crippen molar-refractivity contribution in [2.75, 3.05) is 18.4 Å². The minimum atomic E-state index is -3.55. The maximum Gasteiger partial charge on any atom is 0.313 e. The van der Waals surface area contributed by atoms with Gasteiger partial charge in [-0.25, -0.2) is 8.42 Å². The predicted molar refractivity (Wildman–Crippen MR) is 116 cm³/mol. The lowest BCUT2D eigenvalue weighted by Gasteiger charge is -2.34. The maximum atomic E-state index is 13.0. The van der Waals surface area contributed by atoms with Gasteiger partial charge in [0.25, 0.3) is 0 Å². The molecule has 168 valence electrons. The summed E-state index contributed by atoms with van der Waals surface area (Å²) in [4.78, 5) is 12.7. The maximum absolute atomic E-state index is 13.0. The van der Waals surface area contributed by atoms with Crippen LogP contribution < -0.4 is 5.32 Å². The molecule has 2 aromatic rings. The number of anilines is 1. The number of rotatable bonds is 5. The van der Waals surface area contributed by atoms with Crippen molar-refractivity contribution in [1.29, 1.82) is 0 Å². The summed E-state index contributed by atoms with van der Waals surface area (Å²) in [6.45, 7) is 5.22. The van der Waals surface area contributed by atoms with Gasteiger partial charge in [-0.2, -0.15) is 4.31 Å². The molecule has 1 saturated carbocycles. The molecule has 2 heterocycles. The molecule has 1 amide bonds. The lowest BCUT2D eigenvalue weighted by atomic mass is 9.89. The number of hydrogen-bond donors (Lipinski definition) is 1. The molecule has 1 aliphatic carbocycles. The summed E-state index contributed by atoms with van der Waals surface area (Å²) in [5.41, 5.74) is 0.474. The van der Waals surface area contributed by atoms with Gasteiger partial charge in [-0.05, 0) is 55.4 Å². The number of nitrogens with zero attached hydrogens (tertiary/aromatic N) is 3. The van der Waals surface area contributed by atoms with Crippen LogP contribution in [0, 0.1) is 11.8 Å². The third kappa shape index (κ3) is 4.98. The molecular formula is C22H30N4O4S. The molecule has 1 saturated heterocycles. The normalized spacial score (nSPS) is 23.5. The number of benzene rings is 1. The lowest BCUT2D eigenvalue weighted by molar-refractivity contribution is 0.0987. The Balaban J connectivity index is 1.41. The molecule has 31 heavy (non-hydrogen) atoms. The van der Waals surface area contributed by atoms with Crippen molar-refractivity contribution in [3.05, 3.63) is 36.0 Å². The molecule has 4 rings (SSSR count). The van der Waals surface area contributed by atoms with E-state index in [-0.39, 0.29) is 16.7 Å². The molecule has 2 fully saturated rings. The van der Waals surface area contributed by atoms with Crippen molar-refractivity contribution in [2.24, 2.45) is 11.8 Å². The molecule has 1 aromatic carbocycles. The highest BCUT2D eigenvalue weighted by molar-refractivity contribution is 7.89. The van der Waals surface area contributed by atoms with E-state index in [9.17, 15) is 13.2 Å². The van der Waals surface area contributed by atoms with E-state index >= 15 is 0 Å². The van der Waals surface area contributed by atoms with Crippen LogP contribution >= 0.6 is 0 Å². The Morgan fingerprint density at radius 3 is 2.32 bits per heavy atom.